The van der Waals surface area contributed by atoms with Gasteiger partial charge in [-0.15, -0.1) is 0 Å². The molecule has 3 aromatic rings. The second kappa shape index (κ2) is 8.86. The van der Waals surface area contributed by atoms with E-state index in [0.717, 1.165) is 16.9 Å². The van der Waals surface area contributed by atoms with Crippen LogP contribution < -0.4 is 9.80 Å². The molecule has 0 bridgehead atoms. The highest BCUT2D eigenvalue weighted by Crippen LogP contribution is 2.42. The number of benzene rings is 3. The molecule has 1 aliphatic heterocycles. The molecule has 0 unspecified atom stereocenters. The van der Waals surface area contributed by atoms with Gasteiger partial charge < -0.3 is 9.80 Å². The van der Waals surface area contributed by atoms with E-state index in [2.05, 4.69) is 27.7 Å². The first-order valence-electron chi connectivity index (χ1n) is 11.6. The third-order valence-electron chi connectivity index (χ3n) is 6.46. The van der Waals surface area contributed by atoms with Gasteiger partial charge in [-0.25, -0.2) is 0 Å². The molecule has 2 atom stereocenters. The fourth-order valence-corrected chi connectivity index (χ4v) is 4.79. The van der Waals surface area contributed by atoms with Crippen molar-refractivity contribution in [2.45, 2.75) is 58.5 Å². The summed E-state index contributed by atoms with van der Waals surface area (Å²) < 4.78 is 0. The molecular formula is C29H32N2O2. The van der Waals surface area contributed by atoms with Crippen molar-refractivity contribution in [3.8, 4) is 0 Å². The quantitative estimate of drug-likeness (QED) is 0.465. The lowest BCUT2D eigenvalue weighted by molar-refractivity contribution is -0.117. The Morgan fingerprint density at radius 3 is 2.09 bits per heavy atom. The maximum atomic E-state index is 14.0. The standard InChI is InChI=1S/C29H32N2O2/c1-20-19-27(25-13-9-10-14-26(25)30(20)21(2)32)31(24-11-7-6-8-12-24)28(33)22-15-17-23(18-16-22)29(3,4)5/h6-18,20,27H,19H2,1-5H3/t20-,27-/m0/s1. The van der Waals surface area contributed by atoms with Crippen molar-refractivity contribution >= 4 is 23.2 Å². The minimum atomic E-state index is -0.177. The first-order valence-corrected chi connectivity index (χ1v) is 11.6. The van der Waals surface area contributed by atoms with Crippen molar-refractivity contribution < 1.29 is 9.59 Å². The van der Waals surface area contributed by atoms with E-state index >= 15 is 0 Å². The Balaban J connectivity index is 1.81. The van der Waals surface area contributed by atoms with E-state index in [1.54, 1.807) is 6.92 Å². The second-order valence-electron chi connectivity index (χ2n) is 9.89. The van der Waals surface area contributed by atoms with Gasteiger partial charge in [0.2, 0.25) is 5.91 Å². The number of amides is 2. The highest BCUT2D eigenvalue weighted by atomic mass is 16.2. The van der Waals surface area contributed by atoms with Crippen molar-refractivity contribution in [2.24, 2.45) is 0 Å². The Kier molecular flexibility index (Phi) is 6.11. The van der Waals surface area contributed by atoms with Gasteiger partial charge in [0.05, 0.1) is 6.04 Å². The summed E-state index contributed by atoms with van der Waals surface area (Å²) in [6, 6.07) is 25.5. The van der Waals surface area contributed by atoms with E-state index in [4.69, 9.17) is 0 Å². The molecule has 3 aromatic carbocycles. The van der Waals surface area contributed by atoms with Gasteiger partial charge in [0, 0.05) is 29.9 Å². The van der Waals surface area contributed by atoms with Crippen molar-refractivity contribution in [3.05, 3.63) is 95.6 Å². The summed E-state index contributed by atoms with van der Waals surface area (Å²) in [5.74, 6) is -0.0197. The maximum Gasteiger partial charge on any atom is 0.258 e. The van der Waals surface area contributed by atoms with Crippen molar-refractivity contribution in [1.82, 2.24) is 0 Å². The number of hydrogen-bond acceptors (Lipinski definition) is 2. The molecule has 33 heavy (non-hydrogen) atoms. The normalized spacial score (nSPS) is 17.9. The molecule has 0 saturated carbocycles. The summed E-state index contributed by atoms with van der Waals surface area (Å²) >= 11 is 0. The van der Waals surface area contributed by atoms with Crippen molar-refractivity contribution in [2.75, 3.05) is 9.80 Å². The maximum absolute atomic E-state index is 14.0. The van der Waals surface area contributed by atoms with Gasteiger partial charge in [-0.1, -0.05) is 69.3 Å². The van der Waals surface area contributed by atoms with Gasteiger partial charge in [0.25, 0.3) is 5.91 Å². The molecule has 2 amide bonds. The van der Waals surface area contributed by atoms with Gasteiger partial charge in [-0.2, -0.15) is 0 Å². The number of carbonyl (C=O) groups is 2. The Morgan fingerprint density at radius 2 is 1.48 bits per heavy atom. The summed E-state index contributed by atoms with van der Waals surface area (Å²) in [7, 11) is 0. The average Bonchev–Trinajstić information content (AvgIpc) is 2.79. The zero-order chi connectivity index (χ0) is 23.8. The van der Waals surface area contributed by atoms with Crippen LogP contribution in [0.4, 0.5) is 11.4 Å². The molecule has 1 aliphatic rings. The summed E-state index contributed by atoms with van der Waals surface area (Å²) in [5, 5.41) is 0. The van der Waals surface area contributed by atoms with Crippen LogP contribution in [-0.4, -0.2) is 17.9 Å². The third kappa shape index (κ3) is 4.43. The molecule has 0 N–H and O–H groups in total. The van der Waals surface area contributed by atoms with Gasteiger partial charge >= 0.3 is 0 Å². The average molecular weight is 441 g/mol. The molecule has 4 heteroatoms. The van der Waals surface area contributed by atoms with Gasteiger partial charge in [-0.3, -0.25) is 9.59 Å². The van der Waals surface area contributed by atoms with E-state index in [9.17, 15) is 9.59 Å². The highest BCUT2D eigenvalue weighted by molar-refractivity contribution is 6.07. The number of hydrogen-bond donors (Lipinski definition) is 0. The Hall–Kier alpha value is -3.40. The van der Waals surface area contributed by atoms with E-state index in [1.165, 1.54) is 5.56 Å². The lowest BCUT2D eigenvalue weighted by Crippen LogP contribution is -2.47. The van der Waals surface area contributed by atoms with E-state index in [0.29, 0.717) is 12.0 Å². The van der Waals surface area contributed by atoms with Crippen LogP contribution >= 0.6 is 0 Å². The zero-order valence-corrected chi connectivity index (χ0v) is 20.1. The molecule has 1 heterocycles. The molecule has 0 aliphatic carbocycles. The molecule has 170 valence electrons. The monoisotopic (exact) mass is 440 g/mol. The lowest BCUT2D eigenvalue weighted by Gasteiger charge is -2.43. The molecule has 4 nitrogen and oxygen atoms in total. The first-order chi connectivity index (χ1) is 15.7. The summed E-state index contributed by atoms with van der Waals surface area (Å²) in [6.07, 6.45) is 0.664. The van der Waals surface area contributed by atoms with E-state index < -0.39 is 0 Å². The smallest absolute Gasteiger partial charge is 0.258 e. The number of carbonyl (C=O) groups excluding carboxylic acids is 2. The van der Waals surface area contributed by atoms with Gasteiger partial charge in [0.15, 0.2) is 0 Å². The van der Waals surface area contributed by atoms with Crippen molar-refractivity contribution in [3.63, 3.8) is 0 Å². The third-order valence-corrected chi connectivity index (χ3v) is 6.46. The number of fused-ring (bicyclic) bond motifs is 1. The molecule has 4 rings (SSSR count). The Labute approximate surface area is 196 Å². The molecule has 0 radical (unpaired) electrons. The second-order valence-corrected chi connectivity index (χ2v) is 9.89. The van der Waals surface area contributed by atoms with E-state index in [1.807, 2.05) is 88.7 Å². The lowest BCUT2D eigenvalue weighted by atomic mass is 9.86. The minimum absolute atomic E-state index is 0.0174. The topological polar surface area (TPSA) is 40.6 Å². The predicted molar refractivity (Wildman–Crippen MR) is 135 cm³/mol. The largest absolute Gasteiger partial charge is 0.309 e. The molecule has 0 fully saturated rings. The number of rotatable bonds is 3. The van der Waals surface area contributed by atoms with Crippen LogP contribution in [0.2, 0.25) is 0 Å². The van der Waals surface area contributed by atoms with Crippen LogP contribution in [0.25, 0.3) is 0 Å². The van der Waals surface area contributed by atoms with Gasteiger partial charge in [-0.05, 0) is 60.2 Å². The van der Waals surface area contributed by atoms with Crippen LogP contribution in [0.5, 0.6) is 0 Å². The molecule has 0 aromatic heterocycles. The fraction of sp³-hybridized carbons (Fsp3) is 0.310. The SMILES string of the molecule is CC(=O)N1c2ccccc2[C@@H](N(C(=O)c2ccc(C(C)(C)C)cc2)c2ccccc2)C[C@@H]1C. The Morgan fingerprint density at radius 1 is 0.879 bits per heavy atom. The van der Waals surface area contributed by atoms with Crippen LogP contribution in [0, 0.1) is 0 Å². The molecule has 0 spiro atoms. The van der Waals surface area contributed by atoms with Gasteiger partial charge in [0.1, 0.15) is 0 Å². The fourth-order valence-electron chi connectivity index (χ4n) is 4.79. The number of anilines is 2. The molecular weight excluding hydrogens is 408 g/mol. The highest BCUT2D eigenvalue weighted by Gasteiger charge is 2.38. The van der Waals surface area contributed by atoms with Crippen LogP contribution in [0.15, 0.2) is 78.9 Å². The number of para-hydroxylation sites is 2. The molecule has 0 saturated heterocycles. The Bertz CT molecular complexity index is 1150. The predicted octanol–water partition coefficient (Wildman–Crippen LogP) is 6.52. The zero-order valence-electron chi connectivity index (χ0n) is 20.1. The van der Waals surface area contributed by atoms with E-state index in [-0.39, 0.29) is 29.3 Å². The van der Waals surface area contributed by atoms with Crippen LogP contribution in [0.3, 0.4) is 0 Å². The summed E-state index contributed by atoms with van der Waals surface area (Å²) in [5.41, 5.74) is 4.60. The van der Waals surface area contributed by atoms with Crippen LogP contribution in [-0.2, 0) is 10.2 Å². The minimum Gasteiger partial charge on any atom is -0.309 e. The first kappa shape index (κ1) is 22.8. The summed E-state index contributed by atoms with van der Waals surface area (Å²) in [6.45, 7) is 10.2. The van der Waals surface area contributed by atoms with Crippen molar-refractivity contribution in [1.29, 1.82) is 0 Å². The summed E-state index contributed by atoms with van der Waals surface area (Å²) in [4.78, 5) is 30.2. The number of nitrogens with zero attached hydrogens (tertiary/aromatic N) is 2. The van der Waals surface area contributed by atoms with Crippen LogP contribution in [0.1, 0.15) is 68.6 Å².